The molecule has 1 fully saturated rings. The van der Waals surface area contributed by atoms with Crippen LogP contribution in [0.4, 0.5) is 0 Å². The minimum Gasteiger partial charge on any atom is -0.381 e. The topological polar surface area (TPSA) is 18.5 Å². The third kappa shape index (κ3) is 5.73. The summed E-state index contributed by atoms with van der Waals surface area (Å²) in [5, 5.41) is 0. The summed E-state index contributed by atoms with van der Waals surface area (Å²) in [6, 6.07) is 0. The summed E-state index contributed by atoms with van der Waals surface area (Å²) < 4.78 is 11.8. The molecule has 0 aromatic carbocycles. The third-order valence-corrected chi connectivity index (χ3v) is 4.94. The summed E-state index contributed by atoms with van der Waals surface area (Å²) in [6.07, 6.45) is 12.2. The molecule has 0 saturated heterocycles. The Hall–Kier alpha value is -0.0800. The summed E-state index contributed by atoms with van der Waals surface area (Å²) in [6.45, 7) is 9.96. The van der Waals surface area contributed by atoms with Crippen molar-refractivity contribution < 1.29 is 9.47 Å². The van der Waals surface area contributed by atoms with Crippen molar-refractivity contribution in [2.24, 2.45) is 11.3 Å². The maximum Gasteiger partial charge on any atom is 0.0547 e. The SMILES string of the molecule is CCCCCCC(COCC)(COCC)C1CCCC1. The van der Waals surface area contributed by atoms with Crippen molar-refractivity contribution in [1.82, 2.24) is 0 Å². The average molecular weight is 284 g/mol. The maximum absolute atomic E-state index is 5.89. The molecule has 0 heterocycles. The zero-order chi connectivity index (χ0) is 14.7. The molecule has 1 saturated carbocycles. The normalized spacial score (nSPS) is 16.9. The summed E-state index contributed by atoms with van der Waals surface area (Å²) in [4.78, 5) is 0. The van der Waals surface area contributed by atoms with Gasteiger partial charge in [-0.2, -0.15) is 0 Å². The van der Waals surface area contributed by atoms with Gasteiger partial charge in [0.15, 0.2) is 0 Å². The average Bonchev–Trinajstić information content (AvgIpc) is 3.00. The lowest BCUT2D eigenvalue weighted by atomic mass is 9.72. The standard InChI is InChI=1S/C18H36O2/c1-4-7-8-11-14-18(15-19-5-2,16-20-6-3)17-12-9-10-13-17/h17H,4-16H2,1-3H3. The van der Waals surface area contributed by atoms with Gasteiger partial charge in [-0.15, -0.1) is 0 Å². The van der Waals surface area contributed by atoms with Crippen molar-refractivity contribution >= 4 is 0 Å². The van der Waals surface area contributed by atoms with Gasteiger partial charge in [0.1, 0.15) is 0 Å². The minimum absolute atomic E-state index is 0.288. The van der Waals surface area contributed by atoms with Crippen LogP contribution in [0.2, 0.25) is 0 Å². The second-order valence-corrected chi connectivity index (χ2v) is 6.43. The van der Waals surface area contributed by atoms with E-state index in [9.17, 15) is 0 Å². The van der Waals surface area contributed by atoms with Crippen LogP contribution >= 0.6 is 0 Å². The predicted octanol–water partition coefficient (Wildman–Crippen LogP) is 5.21. The van der Waals surface area contributed by atoms with Gasteiger partial charge in [-0.25, -0.2) is 0 Å². The van der Waals surface area contributed by atoms with E-state index in [1.54, 1.807) is 0 Å². The first-order valence-electron chi connectivity index (χ1n) is 8.94. The number of ether oxygens (including phenoxy) is 2. The quantitative estimate of drug-likeness (QED) is 0.458. The molecule has 1 aliphatic carbocycles. The summed E-state index contributed by atoms with van der Waals surface area (Å²) in [5.74, 6) is 0.822. The lowest BCUT2D eigenvalue weighted by Crippen LogP contribution is -2.39. The molecule has 1 aliphatic rings. The lowest BCUT2D eigenvalue weighted by molar-refractivity contribution is -0.0563. The molecule has 0 amide bonds. The molecule has 2 nitrogen and oxygen atoms in total. The van der Waals surface area contributed by atoms with Crippen LogP contribution in [0.1, 0.15) is 78.6 Å². The first-order chi connectivity index (χ1) is 9.79. The van der Waals surface area contributed by atoms with E-state index in [0.717, 1.165) is 32.3 Å². The molecule has 0 aliphatic heterocycles. The first kappa shape index (κ1) is 18.0. The molecule has 0 radical (unpaired) electrons. The molecule has 0 N–H and O–H groups in total. The Bertz CT molecular complexity index is 213. The predicted molar refractivity (Wildman–Crippen MR) is 86.1 cm³/mol. The van der Waals surface area contributed by atoms with Gasteiger partial charge in [-0.1, -0.05) is 45.4 Å². The van der Waals surface area contributed by atoms with E-state index in [2.05, 4.69) is 20.8 Å². The molecule has 0 aromatic rings. The van der Waals surface area contributed by atoms with Gasteiger partial charge in [-0.3, -0.25) is 0 Å². The molecule has 1 rings (SSSR count). The summed E-state index contributed by atoms with van der Waals surface area (Å²) in [7, 11) is 0. The van der Waals surface area contributed by atoms with E-state index in [1.807, 2.05) is 0 Å². The Balaban J connectivity index is 2.63. The Morgan fingerprint density at radius 2 is 1.45 bits per heavy atom. The van der Waals surface area contributed by atoms with Gasteiger partial charge in [0.05, 0.1) is 13.2 Å². The highest BCUT2D eigenvalue weighted by Crippen LogP contribution is 2.44. The van der Waals surface area contributed by atoms with E-state index < -0.39 is 0 Å². The fourth-order valence-electron chi connectivity index (χ4n) is 3.68. The number of unbranched alkanes of at least 4 members (excludes halogenated alkanes) is 3. The zero-order valence-electron chi connectivity index (χ0n) is 14.1. The molecular weight excluding hydrogens is 248 g/mol. The molecule has 2 heteroatoms. The van der Waals surface area contributed by atoms with Crippen molar-refractivity contribution in [3.8, 4) is 0 Å². The summed E-state index contributed by atoms with van der Waals surface area (Å²) >= 11 is 0. The van der Waals surface area contributed by atoms with E-state index >= 15 is 0 Å². The fourth-order valence-corrected chi connectivity index (χ4v) is 3.68. The highest BCUT2D eigenvalue weighted by atomic mass is 16.5. The Labute approximate surface area is 126 Å². The highest BCUT2D eigenvalue weighted by molar-refractivity contribution is 4.89. The largest absolute Gasteiger partial charge is 0.381 e. The zero-order valence-corrected chi connectivity index (χ0v) is 14.1. The van der Waals surface area contributed by atoms with Crippen molar-refractivity contribution in [3.63, 3.8) is 0 Å². The van der Waals surface area contributed by atoms with Gasteiger partial charge in [0.25, 0.3) is 0 Å². The second kappa shape index (κ2) is 10.6. The molecule has 0 atom stereocenters. The van der Waals surface area contributed by atoms with Crippen LogP contribution in [0, 0.1) is 11.3 Å². The van der Waals surface area contributed by atoms with Crippen LogP contribution in [0.5, 0.6) is 0 Å². The number of hydrogen-bond acceptors (Lipinski definition) is 2. The first-order valence-corrected chi connectivity index (χ1v) is 8.94. The van der Waals surface area contributed by atoms with E-state index in [-0.39, 0.29) is 5.41 Å². The maximum atomic E-state index is 5.89. The van der Waals surface area contributed by atoms with Crippen LogP contribution in [0.25, 0.3) is 0 Å². The van der Waals surface area contributed by atoms with Crippen LogP contribution in [-0.4, -0.2) is 26.4 Å². The smallest absolute Gasteiger partial charge is 0.0547 e. The van der Waals surface area contributed by atoms with E-state index in [1.165, 1.54) is 57.8 Å². The van der Waals surface area contributed by atoms with Crippen molar-refractivity contribution in [2.75, 3.05) is 26.4 Å². The van der Waals surface area contributed by atoms with E-state index in [0.29, 0.717) is 0 Å². The fraction of sp³-hybridized carbons (Fsp3) is 1.00. The monoisotopic (exact) mass is 284 g/mol. The van der Waals surface area contributed by atoms with Gasteiger partial charge >= 0.3 is 0 Å². The Morgan fingerprint density at radius 1 is 0.850 bits per heavy atom. The van der Waals surface area contributed by atoms with Gasteiger partial charge in [0, 0.05) is 18.6 Å². The molecule has 0 spiro atoms. The third-order valence-electron chi connectivity index (χ3n) is 4.94. The van der Waals surface area contributed by atoms with Gasteiger partial charge in [0.2, 0.25) is 0 Å². The van der Waals surface area contributed by atoms with Crippen LogP contribution in [-0.2, 0) is 9.47 Å². The molecule has 0 bridgehead atoms. The summed E-state index contributed by atoms with van der Waals surface area (Å²) in [5.41, 5.74) is 0.288. The molecule has 20 heavy (non-hydrogen) atoms. The van der Waals surface area contributed by atoms with Crippen molar-refractivity contribution in [2.45, 2.75) is 78.6 Å². The highest BCUT2D eigenvalue weighted by Gasteiger charge is 2.40. The Morgan fingerprint density at radius 3 is 1.95 bits per heavy atom. The minimum atomic E-state index is 0.288. The van der Waals surface area contributed by atoms with Crippen LogP contribution in [0.15, 0.2) is 0 Å². The number of hydrogen-bond donors (Lipinski definition) is 0. The molecular formula is C18H36O2. The van der Waals surface area contributed by atoms with Crippen molar-refractivity contribution in [1.29, 1.82) is 0 Å². The van der Waals surface area contributed by atoms with E-state index in [4.69, 9.17) is 9.47 Å². The lowest BCUT2D eigenvalue weighted by Gasteiger charge is -2.39. The molecule has 0 unspecified atom stereocenters. The number of rotatable bonds is 12. The molecule has 120 valence electrons. The van der Waals surface area contributed by atoms with Crippen LogP contribution in [0.3, 0.4) is 0 Å². The van der Waals surface area contributed by atoms with Gasteiger partial charge in [-0.05, 0) is 39.0 Å². The van der Waals surface area contributed by atoms with Crippen LogP contribution < -0.4 is 0 Å². The molecule has 0 aromatic heterocycles. The second-order valence-electron chi connectivity index (χ2n) is 6.43. The Kier molecular flexibility index (Phi) is 9.54. The van der Waals surface area contributed by atoms with Crippen molar-refractivity contribution in [3.05, 3.63) is 0 Å². The van der Waals surface area contributed by atoms with Gasteiger partial charge < -0.3 is 9.47 Å².